The van der Waals surface area contributed by atoms with Gasteiger partial charge in [-0.25, -0.2) is 4.79 Å². The highest BCUT2D eigenvalue weighted by Gasteiger charge is 2.52. The van der Waals surface area contributed by atoms with Crippen LogP contribution in [0.2, 0.25) is 0 Å². The van der Waals surface area contributed by atoms with Crippen molar-refractivity contribution in [2.45, 2.75) is 25.4 Å². The lowest BCUT2D eigenvalue weighted by Crippen LogP contribution is -2.37. The van der Waals surface area contributed by atoms with Crippen molar-refractivity contribution in [2.75, 3.05) is 20.2 Å². The average Bonchev–Trinajstić information content (AvgIpc) is 3.06. The fourth-order valence-electron chi connectivity index (χ4n) is 3.63. The van der Waals surface area contributed by atoms with Crippen LogP contribution in [0.3, 0.4) is 0 Å². The fraction of sp³-hybridized carbons (Fsp3) is 0.500. The van der Waals surface area contributed by atoms with Gasteiger partial charge in [0, 0.05) is 24.6 Å². The first-order valence-corrected chi connectivity index (χ1v) is 7.67. The Morgan fingerprint density at radius 1 is 1.45 bits per heavy atom. The van der Waals surface area contributed by atoms with Crippen LogP contribution >= 0.6 is 0 Å². The highest BCUT2D eigenvalue weighted by molar-refractivity contribution is 5.68. The molecule has 1 heterocycles. The second-order valence-corrected chi connectivity index (χ2v) is 6.32. The van der Waals surface area contributed by atoms with Gasteiger partial charge in [-0.3, -0.25) is 0 Å². The molecule has 1 N–H and O–H groups in total. The third-order valence-corrected chi connectivity index (χ3v) is 4.82. The summed E-state index contributed by atoms with van der Waals surface area (Å²) in [6.07, 6.45) is 1.26. The Morgan fingerprint density at radius 2 is 2.27 bits per heavy atom. The number of nitrogens with zero attached hydrogens (tertiary/aromatic N) is 1. The number of carbonyl (C=O) groups is 1. The number of rotatable bonds is 0. The van der Waals surface area contributed by atoms with E-state index in [0.29, 0.717) is 25.4 Å². The van der Waals surface area contributed by atoms with Gasteiger partial charge in [0.05, 0.1) is 7.11 Å². The minimum absolute atomic E-state index is 0.0175. The van der Waals surface area contributed by atoms with Gasteiger partial charge in [0.2, 0.25) is 0 Å². The van der Waals surface area contributed by atoms with Crippen LogP contribution in [0.1, 0.15) is 24.0 Å². The molecule has 0 bridgehead atoms. The maximum atomic E-state index is 11.7. The summed E-state index contributed by atoms with van der Waals surface area (Å²) in [5, 5.41) is 10.9. The molecule has 1 saturated heterocycles. The minimum Gasteiger partial charge on any atom is -0.453 e. The average molecular weight is 299 g/mol. The summed E-state index contributed by atoms with van der Waals surface area (Å²) in [4.78, 5) is 13.3. The first-order valence-electron chi connectivity index (χ1n) is 7.67. The molecule has 2 fully saturated rings. The number of hydrogen-bond acceptors (Lipinski definition) is 3. The summed E-state index contributed by atoms with van der Waals surface area (Å²) in [6, 6.07) is 7.95. The smallest absolute Gasteiger partial charge is 0.409 e. The maximum Gasteiger partial charge on any atom is 0.409 e. The van der Waals surface area contributed by atoms with Crippen molar-refractivity contribution in [3.8, 4) is 11.8 Å². The summed E-state index contributed by atoms with van der Waals surface area (Å²) in [5.41, 5.74) is 1.07. The van der Waals surface area contributed by atoms with Gasteiger partial charge in [-0.2, -0.15) is 0 Å². The molecular weight excluding hydrogens is 278 g/mol. The molecule has 1 aromatic rings. The molecule has 1 aliphatic carbocycles. The highest BCUT2D eigenvalue weighted by Crippen LogP contribution is 2.44. The van der Waals surface area contributed by atoms with Gasteiger partial charge in [0.25, 0.3) is 0 Å². The molecule has 1 aromatic carbocycles. The summed E-state index contributed by atoms with van der Waals surface area (Å²) in [5.74, 6) is 6.51. The van der Waals surface area contributed by atoms with Gasteiger partial charge in [-0.05, 0) is 43.4 Å². The Kier molecular flexibility index (Phi) is 3.84. The van der Waals surface area contributed by atoms with Gasteiger partial charge in [0.1, 0.15) is 5.60 Å². The molecule has 3 atom stereocenters. The van der Waals surface area contributed by atoms with Gasteiger partial charge in [-0.1, -0.05) is 24.0 Å². The number of methoxy groups -OCH3 is 1. The highest BCUT2D eigenvalue weighted by atomic mass is 16.5. The van der Waals surface area contributed by atoms with Crippen molar-refractivity contribution in [2.24, 2.45) is 11.8 Å². The van der Waals surface area contributed by atoms with Crippen molar-refractivity contribution in [3.63, 3.8) is 0 Å². The molecule has 2 unspecified atom stereocenters. The summed E-state index contributed by atoms with van der Waals surface area (Å²) < 4.78 is 4.78. The van der Waals surface area contributed by atoms with E-state index in [1.807, 2.05) is 31.2 Å². The van der Waals surface area contributed by atoms with Crippen LogP contribution in [-0.2, 0) is 4.74 Å². The predicted octanol–water partition coefficient (Wildman–Crippen LogP) is 2.19. The summed E-state index contributed by atoms with van der Waals surface area (Å²) in [6.45, 7) is 3.21. The molecule has 0 radical (unpaired) electrons. The van der Waals surface area contributed by atoms with E-state index in [1.165, 1.54) is 7.11 Å². The first kappa shape index (κ1) is 14.9. The lowest BCUT2D eigenvalue weighted by Gasteiger charge is -2.24. The summed E-state index contributed by atoms with van der Waals surface area (Å²) >= 11 is 0. The third-order valence-electron chi connectivity index (χ3n) is 4.82. The zero-order valence-corrected chi connectivity index (χ0v) is 13.0. The van der Waals surface area contributed by atoms with E-state index in [9.17, 15) is 9.90 Å². The maximum absolute atomic E-state index is 11.7. The zero-order chi connectivity index (χ0) is 15.7. The molecule has 2 aliphatic rings. The van der Waals surface area contributed by atoms with E-state index >= 15 is 0 Å². The predicted molar refractivity (Wildman–Crippen MR) is 83.2 cm³/mol. The van der Waals surface area contributed by atoms with Crippen LogP contribution in [0.25, 0.3) is 0 Å². The molecule has 116 valence electrons. The van der Waals surface area contributed by atoms with Crippen LogP contribution in [0, 0.1) is 30.6 Å². The van der Waals surface area contributed by atoms with E-state index in [-0.39, 0.29) is 12.0 Å². The Morgan fingerprint density at radius 3 is 3.00 bits per heavy atom. The molecule has 3 rings (SSSR count). The minimum atomic E-state index is -1.00. The standard InChI is InChI=1S/C18H21NO3/c1-13-4-3-5-14(10-13)6-8-18(21)9-7-15-11-19(12-16(15)18)17(20)22-2/h3-5,10,15-16,21H,7,9,11-12H2,1-2H3/t15?,16?,18-/m0/s1. The van der Waals surface area contributed by atoms with E-state index in [2.05, 4.69) is 11.8 Å². The van der Waals surface area contributed by atoms with Crippen molar-refractivity contribution < 1.29 is 14.6 Å². The van der Waals surface area contributed by atoms with Crippen LogP contribution in [0.15, 0.2) is 24.3 Å². The van der Waals surface area contributed by atoms with Crippen LogP contribution < -0.4 is 0 Å². The van der Waals surface area contributed by atoms with Gasteiger partial charge >= 0.3 is 6.09 Å². The quantitative estimate of drug-likeness (QED) is 0.747. The number of benzene rings is 1. The Hall–Kier alpha value is -1.99. The topological polar surface area (TPSA) is 49.8 Å². The number of amides is 1. The normalized spacial score (nSPS) is 29.7. The number of aryl methyl sites for hydroxylation is 1. The van der Waals surface area contributed by atoms with E-state index in [1.54, 1.807) is 4.90 Å². The molecular formula is C18H21NO3. The number of ether oxygens (including phenoxy) is 1. The third kappa shape index (κ3) is 2.69. The number of fused-ring (bicyclic) bond motifs is 1. The van der Waals surface area contributed by atoms with Crippen molar-refractivity contribution >= 4 is 6.09 Å². The van der Waals surface area contributed by atoms with Gasteiger partial charge < -0.3 is 14.7 Å². The molecule has 4 nitrogen and oxygen atoms in total. The fourth-order valence-corrected chi connectivity index (χ4v) is 3.63. The Balaban J connectivity index is 1.78. The number of carbonyl (C=O) groups excluding carboxylic acids is 1. The molecule has 0 spiro atoms. The molecule has 4 heteroatoms. The van der Waals surface area contributed by atoms with Crippen LogP contribution in [0.5, 0.6) is 0 Å². The van der Waals surface area contributed by atoms with Crippen molar-refractivity contribution in [1.29, 1.82) is 0 Å². The number of hydrogen-bond donors (Lipinski definition) is 1. The number of aliphatic hydroxyl groups is 1. The number of likely N-dealkylation sites (tertiary alicyclic amines) is 1. The van der Waals surface area contributed by atoms with Gasteiger partial charge in [0.15, 0.2) is 0 Å². The van der Waals surface area contributed by atoms with E-state index in [0.717, 1.165) is 17.5 Å². The van der Waals surface area contributed by atoms with Gasteiger partial charge in [-0.15, -0.1) is 0 Å². The zero-order valence-electron chi connectivity index (χ0n) is 13.0. The molecule has 1 amide bonds. The second-order valence-electron chi connectivity index (χ2n) is 6.32. The van der Waals surface area contributed by atoms with Crippen LogP contribution in [-0.4, -0.2) is 41.9 Å². The molecule has 1 saturated carbocycles. The van der Waals surface area contributed by atoms with E-state index < -0.39 is 5.60 Å². The second kappa shape index (κ2) is 5.66. The largest absolute Gasteiger partial charge is 0.453 e. The SMILES string of the molecule is COC(=O)N1CC2CC[C@@](O)(C#Cc3cccc(C)c3)C2C1. The lowest BCUT2D eigenvalue weighted by molar-refractivity contribution is 0.0543. The summed E-state index contributed by atoms with van der Waals surface area (Å²) in [7, 11) is 1.39. The van der Waals surface area contributed by atoms with Crippen molar-refractivity contribution in [1.82, 2.24) is 4.90 Å². The Bertz CT molecular complexity index is 645. The van der Waals surface area contributed by atoms with E-state index in [4.69, 9.17) is 4.74 Å². The molecule has 0 aromatic heterocycles. The lowest BCUT2D eigenvalue weighted by atomic mass is 9.88. The Labute approximate surface area is 131 Å². The van der Waals surface area contributed by atoms with Crippen LogP contribution in [0.4, 0.5) is 4.79 Å². The molecule has 22 heavy (non-hydrogen) atoms. The molecule has 1 aliphatic heterocycles. The monoisotopic (exact) mass is 299 g/mol. The first-order chi connectivity index (χ1) is 10.5. The van der Waals surface area contributed by atoms with Crippen molar-refractivity contribution in [3.05, 3.63) is 35.4 Å².